The minimum absolute atomic E-state index is 0.284. The molecule has 0 fully saturated rings. The minimum Gasteiger partial charge on any atom is -0.353 e. The second kappa shape index (κ2) is 3.54. The number of aromatic amines is 1. The minimum atomic E-state index is -0.284. The molecule has 4 rings (SSSR count). The van der Waals surface area contributed by atoms with E-state index < -0.39 is 0 Å². The van der Waals surface area contributed by atoms with E-state index in [9.17, 15) is 4.39 Å². The van der Waals surface area contributed by atoms with Gasteiger partial charge in [0.2, 0.25) is 0 Å². The first-order chi connectivity index (χ1) is 9.15. The zero-order chi connectivity index (χ0) is 13.1. The van der Waals surface area contributed by atoms with E-state index in [2.05, 4.69) is 31.0 Å². The molecule has 0 bridgehead atoms. The molecule has 0 amide bonds. The van der Waals surface area contributed by atoms with Crippen molar-refractivity contribution >= 4 is 48.8 Å². The predicted octanol–water partition coefficient (Wildman–Crippen LogP) is 3.50. The lowest BCUT2D eigenvalue weighted by Gasteiger charge is -1.98. The topological polar surface area (TPSA) is 46.5 Å². The molecule has 0 saturated heterocycles. The van der Waals surface area contributed by atoms with E-state index in [1.165, 1.54) is 6.07 Å². The molecule has 3 aromatic heterocycles. The van der Waals surface area contributed by atoms with Gasteiger partial charge in [-0.2, -0.15) is 5.10 Å². The predicted molar refractivity (Wildman–Crippen MR) is 75.5 cm³/mol. The van der Waals surface area contributed by atoms with Gasteiger partial charge >= 0.3 is 0 Å². The molecule has 0 spiro atoms. The zero-order valence-electron chi connectivity index (χ0n) is 9.91. The molecule has 0 unspecified atom stereocenters. The molecule has 1 N–H and O–H groups in total. The quantitative estimate of drug-likeness (QED) is 0.539. The summed E-state index contributed by atoms with van der Waals surface area (Å²) in [5.74, 6) is -0.284. The average molecular weight is 319 g/mol. The Balaban J connectivity index is 2.34. The number of benzene rings is 1. The number of pyridine rings is 1. The van der Waals surface area contributed by atoms with E-state index in [-0.39, 0.29) is 5.82 Å². The third-order valence-electron chi connectivity index (χ3n) is 3.34. The van der Waals surface area contributed by atoms with E-state index in [0.29, 0.717) is 5.52 Å². The van der Waals surface area contributed by atoms with Crippen molar-refractivity contribution in [2.45, 2.75) is 0 Å². The number of halogens is 2. The van der Waals surface area contributed by atoms with E-state index in [1.54, 1.807) is 24.1 Å². The summed E-state index contributed by atoms with van der Waals surface area (Å²) in [5, 5.41) is 5.82. The maximum Gasteiger partial charge on any atom is 0.151 e. The van der Waals surface area contributed by atoms with Crippen LogP contribution in [0.4, 0.5) is 4.39 Å². The summed E-state index contributed by atoms with van der Waals surface area (Å²) in [5.41, 5.74) is 2.94. The third kappa shape index (κ3) is 1.37. The number of aromatic nitrogens is 4. The molecule has 0 aliphatic carbocycles. The van der Waals surface area contributed by atoms with Crippen molar-refractivity contribution < 1.29 is 4.39 Å². The zero-order valence-corrected chi connectivity index (χ0v) is 11.5. The number of rotatable bonds is 0. The van der Waals surface area contributed by atoms with Crippen molar-refractivity contribution in [1.82, 2.24) is 19.7 Å². The summed E-state index contributed by atoms with van der Waals surface area (Å²) in [6, 6.07) is 3.43. The van der Waals surface area contributed by atoms with E-state index in [4.69, 9.17) is 0 Å². The van der Waals surface area contributed by atoms with E-state index >= 15 is 0 Å². The van der Waals surface area contributed by atoms with Crippen LogP contribution in [0.25, 0.3) is 32.8 Å². The molecule has 0 atom stereocenters. The van der Waals surface area contributed by atoms with Gasteiger partial charge in [0.25, 0.3) is 0 Å². The van der Waals surface area contributed by atoms with Gasteiger partial charge in [-0.25, -0.2) is 4.39 Å². The summed E-state index contributed by atoms with van der Waals surface area (Å²) in [7, 11) is 1.73. The fourth-order valence-electron chi connectivity index (χ4n) is 2.55. The van der Waals surface area contributed by atoms with E-state index in [1.807, 2.05) is 6.07 Å². The highest BCUT2D eigenvalue weighted by Gasteiger charge is 2.15. The summed E-state index contributed by atoms with van der Waals surface area (Å²) >= 11 is 3.38. The Labute approximate surface area is 115 Å². The van der Waals surface area contributed by atoms with Gasteiger partial charge in [-0.15, -0.1) is 0 Å². The Morgan fingerprint density at radius 3 is 2.95 bits per heavy atom. The molecule has 0 aliphatic heterocycles. The van der Waals surface area contributed by atoms with Crippen LogP contribution in [0.5, 0.6) is 0 Å². The van der Waals surface area contributed by atoms with Gasteiger partial charge < -0.3 is 4.98 Å². The number of H-pyrrole nitrogens is 1. The van der Waals surface area contributed by atoms with Crippen molar-refractivity contribution in [2.75, 3.05) is 0 Å². The number of aryl methyl sites for hydroxylation is 1. The Morgan fingerprint density at radius 1 is 1.26 bits per heavy atom. The number of hydrogen-bond donors (Lipinski definition) is 1. The normalized spacial score (nSPS) is 11.9. The Kier molecular flexibility index (Phi) is 2.04. The highest BCUT2D eigenvalue weighted by atomic mass is 79.9. The molecule has 0 saturated carbocycles. The number of nitrogens with one attached hydrogen (secondary N) is 1. The van der Waals surface area contributed by atoms with Crippen LogP contribution in [-0.4, -0.2) is 19.7 Å². The van der Waals surface area contributed by atoms with Gasteiger partial charge in [0.15, 0.2) is 5.82 Å². The first-order valence-electron chi connectivity index (χ1n) is 5.72. The fourth-order valence-corrected chi connectivity index (χ4v) is 2.88. The van der Waals surface area contributed by atoms with Gasteiger partial charge in [0.05, 0.1) is 22.7 Å². The standard InChI is InChI=1S/C13H8BrFN4/c1-19-13-7(5-17-19)11-9(3-8(13)15)18-10-2-6(14)4-16-12(10)11/h2-5,18H,1H3. The highest BCUT2D eigenvalue weighted by molar-refractivity contribution is 9.10. The van der Waals surface area contributed by atoms with Crippen molar-refractivity contribution in [3.63, 3.8) is 0 Å². The molecule has 1 aromatic carbocycles. The van der Waals surface area contributed by atoms with Crippen molar-refractivity contribution in [2.24, 2.45) is 7.05 Å². The number of fused-ring (bicyclic) bond motifs is 5. The Morgan fingerprint density at radius 2 is 2.11 bits per heavy atom. The second-order valence-electron chi connectivity index (χ2n) is 4.49. The summed E-state index contributed by atoms with van der Waals surface area (Å²) < 4.78 is 16.5. The van der Waals surface area contributed by atoms with Crippen LogP contribution < -0.4 is 0 Å². The lowest BCUT2D eigenvalue weighted by molar-refractivity contribution is 0.627. The Bertz CT molecular complexity index is 954. The van der Waals surface area contributed by atoms with Crippen molar-refractivity contribution in [1.29, 1.82) is 0 Å². The lowest BCUT2D eigenvalue weighted by Crippen LogP contribution is -1.91. The summed E-state index contributed by atoms with van der Waals surface area (Å²) in [4.78, 5) is 7.61. The summed E-state index contributed by atoms with van der Waals surface area (Å²) in [6.07, 6.45) is 3.42. The largest absolute Gasteiger partial charge is 0.353 e. The molecular weight excluding hydrogens is 311 g/mol. The van der Waals surface area contributed by atoms with Gasteiger partial charge in [0.1, 0.15) is 5.52 Å². The molecular formula is C13H8BrFN4. The van der Waals surface area contributed by atoms with Crippen LogP contribution in [0, 0.1) is 5.82 Å². The first-order valence-corrected chi connectivity index (χ1v) is 6.51. The van der Waals surface area contributed by atoms with Gasteiger partial charge in [0, 0.05) is 34.6 Å². The molecule has 19 heavy (non-hydrogen) atoms. The van der Waals surface area contributed by atoms with Crippen LogP contribution in [0.2, 0.25) is 0 Å². The monoisotopic (exact) mass is 318 g/mol. The van der Waals surface area contributed by atoms with Crippen LogP contribution in [0.15, 0.2) is 29.0 Å². The second-order valence-corrected chi connectivity index (χ2v) is 5.40. The van der Waals surface area contributed by atoms with Crippen LogP contribution in [-0.2, 0) is 7.05 Å². The molecule has 4 aromatic rings. The average Bonchev–Trinajstić information content (AvgIpc) is 2.89. The lowest BCUT2D eigenvalue weighted by atomic mass is 10.1. The summed E-state index contributed by atoms with van der Waals surface area (Å²) in [6.45, 7) is 0. The Hall–Kier alpha value is -1.95. The first kappa shape index (κ1) is 10.9. The van der Waals surface area contributed by atoms with Gasteiger partial charge in [-0.3, -0.25) is 9.67 Å². The molecule has 0 radical (unpaired) electrons. The van der Waals surface area contributed by atoms with E-state index in [0.717, 1.165) is 31.8 Å². The van der Waals surface area contributed by atoms with Crippen molar-refractivity contribution in [3.8, 4) is 0 Å². The fraction of sp³-hybridized carbons (Fsp3) is 0.0769. The highest BCUT2D eigenvalue weighted by Crippen LogP contribution is 2.33. The van der Waals surface area contributed by atoms with Crippen LogP contribution >= 0.6 is 15.9 Å². The van der Waals surface area contributed by atoms with Crippen LogP contribution in [0.3, 0.4) is 0 Å². The number of hydrogen-bond acceptors (Lipinski definition) is 2. The number of nitrogens with zero attached hydrogens (tertiary/aromatic N) is 3. The molecule has 0 aliphatic rings. The van der Waals surface area contributed by atoms with Gasteiger partial charge in [-0.1, -0.05) is 0 Å². The molecule has 6 heteroatoms. The maximum absolute atomic E-state index is 14.1. The smallest absolute Gasteiger partial charge is 0.151 e. The van der Waals surface area contributed by atoms with Crippen molar-refractivity contribution in [3.05, 3.63) is 34.8 Å². The van der Waals surface area contributed by atoms with Crippen LogP contribution in [0.1, 0.15) is 0 Å². The third-order valence-corrected chi connectivity index (χ3v) is 3.77. The maximum atomic E-state index is 14.1. The van der Waals surface area contributed by atoms with Gasteiger partial charge in [-0.05, 0) is 22.0 Å². The molecule has 3 heterocycles. The SMILES string of the molecule is Cn1ncc2c3c(cc(F)c21)[nH]c1cc(Br)cnc13. The molecule has 4 nitrogen and oxygen atoms in total. The molecule has 94 valence electrons.